The highest BCUT2D eigenvalue weighted by atomic mass is 33.1. The van der Waals surface area contributed by atoms with Gasteiger partial charge < -0.3 is 40.2 Å². The molecule has 0 aromatic heterocycles. The van der Waals surface area contributed by atoms with E-state index in [2.05, 4.69) is 40.0 Å². The third-order valence-electron chi connectivity index (χ3n) is 5.08. The third kappa shape index (κ3) is 22.8. The van der Waals surface area contributed by atoms with E-state index < -0.39 is 0 Å². The van der Waals surface area contributed by atoms with Gasteiger partial charge in [0.15, 0.2) is 0 Å². The van der Waals surface area contributed by atoms with Crippen molar-refractivity contribution in [2.45, 2.75) is 38.0 Å². The highest BCUT2D eigenvalue weighted by Gasteiger charge is 2.04. The number of carbonyl (C=O) groups excluding carboxylic acids is 2. The van der Waals surface area contributed by atoms with Gasteiger partial charge in [-0.3, -0.25) is 4.79 Å². The van der Waals surface area contributed by atoms with Gasteiger partial charge in [0, 0.05) is 31.1 Å². The fraction of sp³-hybridized carbons (Fsp3) is 0.643. The monoisotopic (exact) mass is 598 g/mol. The number of nitrogens with one attached hydrogen (secondary N) is 4. The Morgan fingerprint density at radius 3 is 2.20 bits per heavy atom. The fourth-order valence-corrected chi connectivity index (χ4v) is 4.74. The van der Waals surface area contributed by atoms with Crippen molar-refractivity contribution in [3.63, 3.8) is 0 Å². The van der Waals surface area contributed by atoms with Crippen LogP contribution in [0.3, 0.4) is 0 Å². The van der Waals surface area contributed by atoms with Crippen LogP contribution in [-0.4, -0.2) is 96.8 Å². The summed E-state index contributed by atoms with van der Waals surface area (Å²) in [6, 6.07) is 7.77. The molecular formula is C28H46N4O6S2. The average molecular weight is 599 g/mol. The van der Waals surface area contributed by atoms with E-state index in [4.69, 9.17) is 18.9 Å². The molecule has 0 saturated carbocycles. The molecule has 0 heterocycles. The van der Waals surface area contributed by atoms with E-state index in [1.807, 2.05) is 24.3 Å². The van der Waals surface area contributed by atoms with E-state index in [1.54, 1.807) is 28.5 Å². The fourth-order valence-electron chi connectivity index (χ4n) is 3.03. The molecule has 0 saturated heterocycles. The van der Waals surface area contributed by atoms with Crippen LogP contribution in [0.2, 0.25) is 0 Å². The molecule has 226 valence electrons. The minimum atomic E-state index is -0.196. The van der Waals surface area contributed by atoms with Crippen LogP contribution in [0.15, 0.2) is 29.2 Å². The van der Waals surface area contributed by atoms with Crippen LogP contribution in [0, 0.1) is 11.8 Å². The number of hydrogen-bond acceptors (Lipinski definition) is 9. The second-order valence-electron chi connectivity index (χ2n) is 8.33. The number of carbonyl (C=O) groups is 2. The van der Waals surface area contributed by atoms with Gasteiger partial charge in [0.2, 0.25) is 5.91 Å². The summed E-state index contributed by atoms with van der Waals surface area (Å²) in [5, 5.41) is 11.5. The zero-order chi connectivity index (χ0) is 28.9. The van der Waals surface area contributed by atoms with Gasteiger partial charge in [0.05, 0.1) is 52.6 Å². The zero-order valence-electron chi connectivity index (χ0n) is 23.9. The summed E-state index contributed by atoms with van der Waals surface area (Å²) >= 11 is 0. The van der Waals surface area contributed by atoms with Gasteiger partial charge >= 0.3 is 6.03 Å². The zero-order valence-corrected chi connectivity index (χ0v) is 25.5. The number of likely N-dealkylation sites (N-methyl/N-ethyl adjacent to an activating group) is 1. The highest BCUT2D eigenvalue weighted by Crippen LogP contribution is 2.31. The molecule has 3 amide bonds. The summed E-state index contributed by atoms with van der Waals surface area (Å²) in [7, 11) is 3.26. The second-order valence-corrected chi connectivity index (χ2v) is 10.6. The van der Waals surface area contributed by atoms with Gasteiger partial charge in [0.25, 0.3) is 0 Å². The maximum Gasteiger partial charge on any atom is 0.315 e. The quantitative estimate of drug-likeness (QED) is 0.0583. The van der Waals surface area contributed by atoms with Gasteiger partial charge in [-0.25, -0.2) is 4.79 Å². The predicted molar refractivity (Wildman–Crippen MR) is 163 cm³/mol. The third-order valence-corrected chi connectivity index (χ3v) is 7.14. The first-order valence-electron chi connectivity index (χ1n) is 13.7. The largest absolute Gasteiger partial charge is 0.378 e. The van der Waals surface area contributed by atoms with Crippen LogP contribution in [0.4, 0.5) is 4.79 Å². The van der Waals surface area contributed by atoms with Gasteiger partial charge in [-0.2, -0.15) is 0 Å². The van der Waals surface area contributed by atoms with Crippen LogP contribution in [0.5, 0.6) is 0 Å². The van der Waals surface area contributed by atoms with Crippen molar-refractivity contribution < 1.29 is 28.5 Å². The van der Waals surface area contributed by atoms with Crippen molar-refractivity contribution in [3.05, 3.63) is 29.8 Å². The number of hydrogen-bond donors (Lipinski definition) is 4. The SMILES string of the molecule is CC#CCNC(=O)NCCCCOCSSc1ccc(CC(=O)NCCOCCOCCOCCNCC)cc1. The summed E-state index contributed by atoms with van der Waals surface area (Å²) in [5.41, 5.74) is 0.964. The molecule has 0 aliphatic heterocycles. The van der Waals surface area contributed by atoms with Crippen LogP contribution < -0.4 is 21.3 Å². The summed E-state index contributed by atoms with van der Waals surface area (Å²) < 4.78 is 22.0. The minimum Gasteiger partial charge on any atom is -0.378 e. The lowest BCUT2D eigenvalue weighted by Gasteiger charge is -2.08. The molecule has 0 radical (unpaired) electrons. The van der Waals surface area contributed by atoms with Crippen LogP contribution in [0.25, 0.3) is 0 Å². The molecule has 1 aromatic carbocycles. The van der Waals surface area contributed by atoms with Gasteiger partial charge in [-0.15, -0.1) is 5.92 Å². The Balaban J connectivity index is 1.94. The first-order chi connectivity index (χ1) is 19.7. The van der Waals surface area contributed by atoms with E-state index in [0.717, 1.165) is 36.4 Å². The van der Waals surface area contributed by atoms with Crippen molar-refractivity contribution in [1.82, 2.24) is 21.3 Å². The maximum absolute atomic E-state index is 12.2. The van der Waals surface area contributed by atoms with Crippen LogP contribution >= 0.6 is 21.6 Å². The molecule has 0 fully saturated rings. The Kier molecular flexibility index (Phi) is 24.5. The molecule has 0 unspecified atom stereocenters. The number of urea groups is 1. The molecule has 10 nitrogen and oxygen atoms in total. The van der Waals surface area contributed by atoms with Gasteiger partial charge in [0.1, 0.15) is 5.94 Å². The molecule has 1 rings (SSSR count). The smallest absolute Gasteiger partial charge is 0.315 e. The molecular weight excluding hydrogens is 552 g/mol. The average Bonchev–Trinajstić information content (AvgIpc) is 2.95. The molecule has 0 aliphatic carbocycles. The lowest BCUT2D eigenvalue weighted by molar-refractivity contribution is -0.120. The number of ether oxygens (including phenoxy) is 4. The van der Waals surface area contributed by atoms with Crippen molar-refractivity contribution in [2.24, 2.45) is 0 Å². The van der Waals surface area contributed by atoms with Gasteiger partial charge in [-0.1, -0.05) is 46.6 Å². The van der Waals surface area contributed by atoms with Crippen molar-refractivity contribution in [2.75, 3.05) is 84.9 Å². The molecule has 40 heavy (non-hydrogen) atoms. The Hall–Kier alpha value is -1.98. The van der Waals surface area contributed by atoms with E-state index in [0.29, 0.717) is 78.2 Å². The molecule has 4 N–H and O–H groups in total. The Morgan fingerprint density at radius 2 is 1.50 bits per heavy atom. The van der Waals surface area contributed by atoms with Crippen LogP contribution in [-0.2, 0) is 30.2 Å². The van der Waals surface area contributed by atoms with Crippen molar-refractivity contribution in [3.8, 4) is 11.8 Å². The molecule has 0 atom stereocenters. The van der Waals surface area contributed by atoms with Gasteiger partial charge in [-0.05, 0) is 44.0 Å². The Bertz CT molecular complexity index is 836. The Labute approximate surface area is 247 Å². The normalized spacial score (nSPS) is 10.6. The number of rotatable bonds is 25. The number of unbranched alkanes of at least 4 members (excludes halogenated alkanes) is 1. The van der Waals surface area contributed by atoms with Crippen molar-refractivity contribution >= 4 is 33.5 Å². The summed E-state index contributed by atoms with van der Waals surface area (Å²) in [5.74, 6) is 6.06. The lowest BCUT2D eigenvalue weighted by atomic mass is 10.1. The lowest BCUT2D eigenvalue weighted by Crippen LogP contribution is -2.36. The van der Waals surface area contributed by atoms with E-state index in [1.165, 1.54) is 0 Å². The number of benzene rings is 1. The molecule has 0 bridgehead atoms. The minimum absolute atomic E-state index is 0.0284. The predicted octanol–water partition coefficient (Wildman–Crippen LogP) is 2.82. The standard InChI is InChI=1S/C28H46N4O6S2/c1-3-5-12-31-28(34)32-13-6-7-16-38-24-39-40-26-10-8-25(9-11-26)23-27(33)30-15-18-36-20-22-37-21-19-35-17-14-29-4-2/h8-11,29H,4,6-7,12-24H2,1-2H3,(H,30,33)(H2,31,32,34). The topological polar surface area (TPSA) is 119 Å². The van der Waals surface area contributed by atoms with E-state index in [-0.39, 0.29) is 11.9 Å². The Morgan fingerprint density at radius 1 is 0.800 bits per heavy atom. The summed E-state index contributed by atoms with van der Waals surface area (Å²) in [6.07, 6.45) is 2.07. The molecule has 0 aliphatic rings. The first kappa shape index (κ1) is 36.0. The summed E-state index contributed by atoms with van der Waals surface area (Å²) in [4.78, 5) is 24.7. The second kappa shape index (κ2) is 27.2. The van der Waals surface area contributed by atoms with Crippen molar-refractivity contribution in [1.29, 1.82) is 0 Å². The highest BCUT2D eigenvalue weighted by molar-refractivity contribution is 8.76. The van der Waals surface area contributed by atoms with E-state index in [9.17, 15) is 9.59 Å². The molecule has 12 heteroatoms. The summed E-state index contributed by atoms with van der Waals surface area (Å²) in [6.45, 7) is 11.0. The van der Waals surface area contributed by atoms with Crippen LogP contribution in [0.1, 0.15) is 32.3 Å². The molecule has 1 aromatic rings. The van der Waals surface area contributed by atoms with E-state index >= 15 is 0 Å². The molecule has 0 spiro atoms. The maximum atomic E-state index is 12.2. The first-order valence-corrected chi connectivity index (χ1v) is 16.1. The number of amides is 3.